The third kappa shape index (κ3) is 3.59. The Morgan fingerprint density at radius 1 is 1.11 bits per heavy atom. The summed E-state index contributed by atoms with van der Waals surface area (Å²) in [5.41, 5.74) is 2.52. The minimum Gasteiger partial charge on any atom is -0.494 e. The Morgan fingerprint density at radius 2 is 1.93 bits per heavy atom. The van der Waals surface area contributed by atoms with Gasteiger partial charge in [-0.1, -0.05) is 72.5 Å². The zero-order valence-corrected chi connectivity index (χ0v) is 16.2. The van der Waals surface area contributed by atoms with Crippen LogP contribution in [-0.2, 0) is 11.3 Å². The first-order valence-electron chi connectivity index (χ1n) is 8.39. The van der Waals surface area contributed by atoms with E-state index in [1.165, 1.54) is 11.8 Å². The number of carbonyl (C=O) groups excluding carboxylic acids is 1. The number of pyridine rings is 1. The molecule has 0 aliphatic carbocycles. The first kappa shape index (κ1) is 17.7. The van der Waals surface area contributed by atoms with Crippen LogP contribution in [0.1, 0.15) is 11.3 Å². The minimum absolute atomic E-state index is 0.0872. The zero-order chi connectivity index (χ0) is 18.8. The van der Waals surface area contributed by atoms with Gasteiger partial charge in [-0.05, 0) is 23.8 Å². The van der Waals surface area contributed by atoms with Crippen molar-refractivity contribution in [3.05, 3.63) is 76.8 Å². The molecule has 2 heterocycles. The van der Waals surface area contributed by atoms with E-state index in [0.29, 0.717) is 27.2 Å². The summed E-state index contributed by atoms with van der Waals surface area (Å²) >= 11 is 6.72. The molecule has 1 aliphatic heterocycles. The van der Waals surface area contributed by atoms with Crippen LogP contribution in [0.3, 0.4) is 0 Å². The Balaban J connectivity index is 1.63. The fourth-order valence-corrected chi connectivity index (χ4v) is 4.16. The number of thiocarbonyl (C=S) groups is 1. The van der Waals surface area contributed by atoms with Gasteiger partial charge in [-0.15, -0.1) is 0 Å². The molecule has 1 aromatic heterocycles. The van der Waals surface area contributed by atoms with E-state index in [1.54, 1.807) is 18.1 Å². The van der Waals surface area contributed by atoms with E-state index in [4.69, 9.17) is 17.0 Å². The molecule has 1 aliphatic rings. The molecule has 134 valence electrons. The molecule has 0 N–H and O–H groups in total. The lowest BCUT2D eigenvalue weighted by molar-refractivity contribution is -0.122. The molecular formula is C21H16N2O2S2. The van der Waals surface area contributed by atoms with Crippen LogP contribution in [-0.4, -0.2) is 27.2 Å². The second-order valence-electron chi connectivity index (χ2n) is 6.02. The maximum Gasteiger partial charge on any atom is 0.266 e. The summed E-state index contributed by atoms with van der Waals surface area (Å²) < 4.78 is 5.95. The van der Waals surface area contributed by atoms with Gasteiger partial charge < -0.3 is 4.74 Å². The summed E-state index contributed by atoms with van der Waals surface area (Å²) in [5.74, 6) is 0.621. The maximum absolute atomic E-state index is 12.8. The number of ether oxygens (including phenoxy) is 1. The van der Waals surface area contributed by atoms with Gasteiger partial charge in [-0.2, -0.15) is 0 Å². The average molecular weight is 393 g/mol. The highest BCUT2D eigenvalue weighted by Gasteiger charge is 2.32. The number of carbonyl (C=O) groups is 1. The molecule has 6 heteroatoms. The lowest BCUT2D eigenvalue weighted by Crippen LogP contribution is -2.27. The first-order valence-corrected chi connectivity index (χ1v) is 9.61. The van der Waals surface area contributed by atoms with E-state index < -0.39 is 0 Å². The molecule has 0 saturated carbocycles. The van der Waals surface area contributed by atoms with Crippen LogP contribution >= 0.6 is 24.0 Å². The highest BCUT2D eigenvalue weighted by molar-refractivity contribution is 8.26. The monoisotopic (exact) mass is 392 g/mol. The van der Waals surface area contributed by atoms with Crippen molar-refractivity contribution in [2.75, 3.05) is 7.11 Å². The molecule has 1 amide bonds. The number of benzene rings is 2. The van der Waals surface area contributed by atoms with Crippen molar-refractivity contribution in [3.8, 4) is 5.75 Å². The van der Waals surface area contributed by atoms with E-state index >= 15 is 0 Å². The van der Waals surface area contributed by atoms with Crippen molar-refractivity contribution in [2.45, 2.75) is 6.54 Å². The Morgan fingerprint density at radius 3 is 2.70 bits per heavy atom. The second-order valence-corrected chi connectivity index (χ2v) is 7.70. The van der Waals surface area contributed by atoms with Crippen molar-refractivity contribution in [3.63, 3.8) is 0 Å². The van der Waals surface area contributed by atoms with Crippen molar-refractivity contribution in [1.82, 2.24) is 9.88 Å². The number of aromatic nitrogens is 1. The molecule has 1 fully saturated rings. The van der Waals surface area contributed by atoms with E-state index in [2.05, 4.69) is 4.98 Å². The topological polar surface area (TPSA) is 42.4 Å². The molecule has 0 atom stereocenters. The summed E-state index contributed by atoms with van der Waals surface area (Å²) in [7, 11) is 1.62. The van der Waals surface area contributed by atoms with Gasteiger partial charge in [0.15, 0.2) is 0 Å². The normalized spacial score (nSPS) is 15.7. The van der Waals surface area contributed by atoms with Crippen molar-refractivity contribution in [1.29, 1.82) is 0 Å². The van der Waals surface area contributed by atoms with Crippen LogP contribution < -0.4 is 4.74 Å². The van der Waals surface area contributed by atoms with Gasteiger partial charge in [0, 0.05) is 5.39 Å². The van der Waals surface area contributed by atoms with Gasteiger partial charge in [0.05, 0.1) is 24.3 Å². The smallest absolute Gasteiger partial charge is 0.266 e. The standard InChI is InChI=1S/C21H16N2O2S2/c1-25-17-9-5-8-15-10-11-16(22-19(15)17)12-18-20(24)23(21(26)27-18)13-14-6-3-2-4-7-14/h2-12H,13H2,1H3. The van der Waals surface area contributed by atoms with Gasteiger partial charge >= 0.3 is 0 Å². The number of para-hydroxylation sites is 1. The molecule has 0 spiro atoms. The zero-order valence-electron chi connectivity index (χ0n) is 14.6. The lowest BCUT2D eigenvalue weighted by Gasteiger charge is -2.14. The Kier molecular flexibility index (Phi) is 4.92. The van der Waals surface area contributed by atoms with Gasteiger partial charge in [-0.25, -0.2) is 4.98 Å². The third-order valence-electron chi connectivity index (χ3n) is 4.26. The molecule has 4 rings (SSSR count). The molecular weight excluding hydrogens is 376 g/mol. The summed E-state index contributed by atoms with van der Waals surface area (Å²) in [5, 5.41) is 0.989. The predicted molar refractivity (Wildman–Crippen MR) is 113 cm³/mol. The van der Waals surface area contributed by atoms with E-state index in [1.807, 2.05) is 60.7 Å². The fourth-order valence-electron chi connectivity index (χ4n) is 2.92. The van der Waals surface area contributed by atoms with Crippen molar-refractivity contribution >= 4 is 51.2 Å². The Bertz CT molecular complexity index is 1060. The molecule has 0 radical (unpaired) electrons. The largest absolute Gasteiger partial charge is 0.494 e. The van der Waals surface area contributed by atoms with Crippen molar-refractivity contribution in [2.24, 2.45) is 0 Å². The maximum atomic E-state index is 12.8. The van der Waals surface area contributed by atoms with Crippen LogP contribution in [0.5, 0.6) is 5.75 Å². The summed E-state index contributed by atoms with van der Waals surface area (Å²) in [4.78, 5) is 19.7. The molecule has 27 heavy (non-hydrogen) atoms. The molecule has 3 aromatic rings. The van der Waals surface area contributed by atoms with Crippen LogP contribution in [0.25, 0.3) is 17.0 Å². The highest BCUT2D eigenvalue weighted by Crippen LogP contribution is 2.34. The van der Waals surface area contributed by atoms with E-state index in [0.717, 1.165) is 16.5 Å². The number of fused-ring (bicyclic) bond motifs is 1. The molecule has 0 unspecified atom stereocenters. The van der Waals surface area contributed by atoms with Gasteiger partial charge in [0.1, 0.15) is 15.6 Å². The van der Waals surface area contributed by atoms with E-state index in [9.17, 15) is 4.79 Å². The quantitative estimate of drug-likeness (QED) is 0.478. The van der Waals surface area contributed by atoms with Crippen LogP contribution in [0.4, 0.5) is 0 Å². The summed E-state index contributed by atoms with van der Waals surface area (Å²) in [6.45, 7) is 0.474. The summed E-state index contributed by atoms with van der Waals surface area (Å²) in [6.07, 6.45) is 1.79. The fraction of sp³-hybridized carbons (Fsp3) is 0.0952. The number of amides is 1. The van der Waals surface area contributed by atoms with Gasteiger partial charge in [0.2, 0.25) is 0 Å². The molecule has 2 aromatic carbocycles. The predicted octanol–water partition coefficient (Wildman–Crippen LogP) is 4.64. The number of thioether (sulfide) groups is 1. The van der Waals surface area contributed by atoms with Gasteiger partial charge in [0.25, 0.3) is 5.91 Å². The lowest BCUT2D eigenvalue weighted by atomic mass is 10.2. The minimum atomic E-state index is -0.0872. The van der Waals surface area contributed by atoms with Crippen LogP contribution in [0, 0.1) is 0 Å². The SMILES string of the molecule is COc1cccc2ccc(C=C3SC(=S)N(Cc4ccccc4)C3=O)nc12. The summed E-state index contributed by atoms with van der Waals surface area (Å²) in [6, 6.07) is 19.5. The number of rotatable bonds is 4. The van der Waals surface area contributed by atoms with E-state index in [-0.39, 0.29) is 5.91 Å². The number of hydrogen-bond acceptors (Lipinski definition) is 5. The van der Waals surface area contributed by atoms with Crippen LogP contribution in [0.2, 0.25) is 0 Å². The second kappa shape index (κ2) is 7.50. The van der Waals surface area contributed by atoms with Gasteiger partial charge in [-0.3, -0.25) is 9.69 Å². The molecule has 4 nitrogen and oxygen atoms in total. The number of nitrogens with zero attached hydrogens (tertiary/aromatic N) is 2. The highest BCUT2D eigenvalue weighted by atomic mass is 32.2. The number of methoxy groups -OCH3 is 1. The van der Waals surface area contributed by atoms with Crippen LogP contribution in [0.15, 0.2) is 65.6 Å². The Hall–Kier alpha value is -2.70. The van der Waals surface area contributed by atoms with Crippen molar-refractivity contribution < 1.29 is 9.53 Å². The first-order chi connectivity index (χ1) is 13.2. The molecule has 1 saturated heterocycles. The third-order valence-corrected chi connectivity index (χ3v) is 5.64. The molecule has 0 bridgehead atoms. The average Bonchev–Trinajstić information content (AvgIpc) is 2.95. The number of hydrogen-bond donors (Lipinski definition) is 0. The Labute approximate surface area is 166 Å².